The number of ether oxygens (including phenoxy) is 4. The van der Waals surface area contributed by atoms with E-state index in [-0.39, 0.29) is 5.91 Å². The molecule has 0 bridgehead atoms. The summed E-state index contributed by atoms with van der Waals surface area (Å²) in [5.41, 5.74) is 3.52. The third-order valence-electron chi connectivity index (χ3n) is 4.67. The molecule has 1 aliphatic heterocycles. The molecule has 0 spiro atoms. The molecule has 0 atom stereocenters. The molecule has 0 N–H and O–H groups in total. The number of likely N-dealkylation sites (N-methyl/N-ethyl adjacent to an activating group) is 1. The number of methoxy groups -OCH3 is 4. The lowest BCUT2D eigenvalue weighted by molar-refractivity contribution is -0.126. The van der Waals surface area contributed by atoms with Gasteiger partial charge in [-0.15, -0.1) is 0 Å². The lowest BCUT2D eigenvalue weighted by Crippen LogP contribution is -2.31. The van der Waals surface area contributed by atoms with E-state index in [4.69, 9.17) is 18.9 Å². The SMILES string of the molecule is COc1ccc(/C=C2/c3cc(OC)c(OC)cc3CC(=O)N2C)cc1OC. The second kappa shape index (κ2) is 7.61. The van der Waals surface area contributed by atoms with Crippen LogP contribution >= 0.6 is 0 Å². The van der Waals surface area contributed by atoms with Crippen LogP contribution in [0.4, 0.5) is 0 Å². The first kappa shape index (κ1) is 18.6. The summed E-state index contributed by atoms with van der Waals surface area (Å²) in [6, 6.07) is 9.40. The maximum atomic E-state index is 12.5. The van der Waals surface area contributed by atoms with E-state index in [1.807, 2.05) is 36.4 Å². The first-order valence-corrected chi connectivity index (χ1v) is 8.48. The largest absolute Gasteiger partial charge is 0.493 e. The second-order valence-electron chi connectivity index (χ2n) is 6.14. The van der Waals surface area contributed by atoms with Gasteiger partial charge >= 0.3 is 0 Å². The average Bonchev–Trinajstić information content (AvgIpc) is 2.70. The Hall–Kier alpha value is -3.15. The number of amides is 1. The van der Waals surface area contributed by atoms with E-state index in [0.717, 1.165) is 22.4 Å². The molecule has 1 aliphatic rings. The van der Waals surface area contributed by atoms with Crippen LogP contribution in [0.15, 0.2) is 30.3 Å². The van der Waals surface area contributed by atoms with E-state index < -0.39 is 0 Å². The van der Waals surface area contributed by atoms with Gasteiger partial charge in [-0.2, -0.15) is 0 Å². The van der Waals surface area contributed by atoms with Crippen LogP contribution in [0.2, 0.25) is 0 Å². The van der Waals surface area contributed by atoms with E-state index in [9.17, 15) is 4.79 Å². The molecule has 2 aromatic rings. The molecule has 27 heavy (non-hydrogen) atoms. The van der Waals surface area contributed by atoms with Gasteiger partial charge in [0, 0.05) is 12.6 Å². The second-order valence-corrected chi connectivity index (χ2v) is 6.14. The fraction of sp³-hybridized carbons (Fsp3) is 0.286. The summed E-state index contributed by atoms with van der Waals surface area (Å²) in [5, 5.41) is 0. The zero-order valence-electron chi connectivity index (χ0n) is 16.2. The molecule has 2 aromatic carbocycles. The molecule has 6 nitrogen and oxygen atoms in total. The monoisotopic (exact) mass is 369 g/mol. The quantitative estimate of drug-likeness (QED) is 0.810. The van der Waals surface area contributed by atoms with Crippen molar-refractivity contribution < 1.29 is 23.7 Å². The van der Waals surface area contributed by atoms with Crippen LogP contribution in [0.1, 0.15) is 16.7 Å². The Balaban J connectivity index is 2.15. The lowest BCUT2D eigenvalue weighted by atomic mass is 9.94. The Kier molecular flexibility index (Phi) is 5.26. The average molecular weight is 369 g/mol. The number of carbonyl (C=O) groups is 1. The third kappa shape index (κ3) is 3.43. The van der Waals surface area contributed by atoms with Crippen molar-refractivity contribution in [2.24, 2.45) is 0 Å². The van der Waals surface area contributed by atoms with Crippen molar-refractivity contribution >= 4 is 17.7 Å². The highest BCUT2D eigenvalue weighted by Gasteiger charge is 2.27. The van der Waals surface area contributed by atoms with Gasteiger partial charge in [0.1, 0.15) is 0 Å². The van der Waals surface area contributed by atoms with Gasteiger partial charge < -0.3 is 23.8 Å². The smallest absolute Gasteiger partial charge is 0.231 e. The van der Waals surface area contributed by atoms with Gasteiger partial charge in [0.05, 0.1) is 40.6 Å². The number of benzene rings is 2. The van der Waals surface area contributed by atoms with Crippen molar-refractivity contribution in [1.82, 2.24) is 4.90 Å². The minimum atomic E-state index is 0.0152. The highest BCUT2D eigenvalue weighted by atomic mass is 16.5. The summed E-state index contributed by atoms with van der Waals surface area (Å²) in [7, 11) is 8.15. The molecule has 1 amide bonds. The summed E-state index contributed by atoms with van der Waals surface area (Å²) in [4.78, 5) is 14.2. The zero-order valence-corrected chi connectivity index (χ0v) is 16.2. The number of rotatable bonds is 5. The van der Waals surface area contributed by atoms with Crippen LogP contribution in [-0.2, 0) is 11.2 Å². The summed E-state index contributed by atoms with van der Waals surface area (Å²) in [6.07, 6.45) is 2.26. The Morgan fingerprint density at radius 1 is 0.852 bits per heavy atom. The Labute approximate surface area is 158 Å². The predicted molar refractivity (Wildman–Crippen MR) is 103 cm³/mol. The topological polar surface area (TPSA) is 57.2 Å². The molecule has 0 aromatic heterocycles. The van der Waals surface area contributed by atoms with E-state index in [1.165, 1.54) is 0 Å². The fourth-order valence-corrected chi connectivity index (χ4v) is 3.18. The van der Waals surface area contributed by atoms with Gasteiger partial charge in [-0.25, -0.2) is 0 Å². The molecule has 0 aliphatic carbocycles. The first-order chi connectivity index (χ1) is 13.0. The third-order valence-corrected chi connectivity index (χ3v) is 4.67. The summed E-state index contributed by atoms with van der Waals surface area (Å²) >= 11 is 0. The highest BCUT2D eigenvalue weighted by molar-refractivity contribution is 5.98. The summed E-state index contributed by atoms with van der Waals surface area (Å²) in [6.45, 7) is 0. The van der Waals surface area contributed by atoms with Gasteiger partial charge in [-0.1, -0.05) is 6.07 Å². The van der Waals surface area contributed by atoms with Crippen molar-refractivity contribution in [1.29, 1.82) is 0 Å². The van der Waals surface area contributed by atoms with Crippen molar-refractivity contribution in [3.63, 3.8) is 0 Å². The van der Waals surface area contributed by atoms with Crippen LogP contribution in [0, 0.1) is 0 Å². The molecular formula is C21H23NO5. The summed E-state index contributed by atoms with van der Waals surface area (Å²) in [5.74, 6) is 2.53. The first-order valence-electron chi connectivity index (χ1n) is 8.48. The number of carbonyl (C=O) groups excluding carboxylic acids is 1. The van der Waals surface area contributed by atoms with Crippen molar-refractivity contribution in [2.75, 3.05) is 35.5 Å². The summed E-state index contributed by atoms with van der Waals surface area (Å²) < 4.78 is 21.5. The van der Waals surface area contributed by atoms with Gasteiger partial charge in [0.25, 0.3) is 0 Å². The highest BCUT2D eigenvalue weighted by Crippen LogP contribution is 2.38. The molecule has 3 rings (SSSR count). The molecule has 0 saturated carbocycles. The van der Waals surface area contributed by atoms with Crippen LogP contribution in [-0.4, -0.2) is 46.3 Å². The van der Waals surface area contributed by atoms with Crippen molar-refractivity contribution in [3.05, 3.63) is 47.0 Å². The van der Waals surface area contributed by atoms with E-state index >= 15 is 0 Å². The normalized spacial score (nSPS) is 14.8. The number of hydrogen-bond acceptors (Lipinski definition) is 5. The molecule has 0 saturated heterocycles. The van der Waals surface area contributed by atoms with E-state index in [0.29, 0.717) is 29.4 Å². The maximum Gasteiger partial charge on any atom is 0.231 e. The number of nitrogens with zero attached hydrogens (tertiary/aromatic N) is 1. The van der Waals surface area contributed by atoms with Crippen LogP contribution < -0.4 is 18.9 Å². The van der Waals surface area contributed by atoms with Gasteiger partial charge in [0.15, 0.2) is 23.0 Å². The predicted octanol–water partition coefficient (Wildman–Crippen LogP) is 3.23. The maximum absolute atomic E-state index is 12.5. The Bertz CT molecular complexity index is 904. The van der Waals surface area contributed by atoms with Gasteiger partial charge in [-0.05, 0) is 41.5 Å². The van der Waals surface area contributed by atoms with Crippen LogP contribution in [0.5, 0.6) is 23.0 Å². The van der Waals surface area contributed by atoms with E-state index in [1.54, 1.807) is 40.4 Å². The molecule has 0 radical (unpaired) electrons. The van der Waals surface area contributed by atoms with Gasteiger partial charge in [0.2, 0.25) is 5.91 Å². The Morgan fingerprint density at radius 2 is 1.44 bits per heavy atom. The number of hydrogen-bond donors (Lipinski definition) is 0. The molecule has 0 unspecified atom stereocenters. The van der Waals surface area contributed by atoms with Crippen LogP contribution in [0.25, 0.3) is 11.8 Å². The minimum absolute atomic E-state index is 0.0152. The van der Waals surface area contributed by atoms with Crippen LogP contribution in [0.3, 0.4) is 0 Å². The lowest BCUT2D eigenvalue weighted by Gasteiger charge is -2.29. The zero-order chi connectivity index (χ0) is 19.6. The van der Waals surface area contributed by atoms with Crippen molar-refractivity contribution in [2.45, 2.75) is 6.42 Å². The Morgan fingerprint density at radius 3 is 2.07 bits per heavy atom. The molecule has 1 heterocycles. The molecule has 0 fully saturated rings. The molecular weight excluding hydrogens is 346 g/mol. The van der Waals surface area contributed by atoms with Gasteiger partial charge in [-0.3, -0.25) is 4.79 Å². The fourth-order valence-electron chi connectivity index (χ4n) is 3.18. The molecule has 142 valence electrons. The van der Waals surface area contributed by atoms with E-state index in [2.05, 4.69) is 0 Å². The minimum Gasteiger partial charge on any atom is -0.493 e. The standard InChI is InChI=1S/C21H23NO5/c1-22-16(8-13-6-7-17(24-2)18(9-13)25-3)15-12-20(27-5)19(26-4)10-14(15)11-21(22)23/h6-10,12H,11H2,1-5H3/b16-8-. The molecule has 6 heteroatoms. The number of fused-ring (bicyclic) bond motifs is 1. The van der Waals surface area contributed by atoms with Crippen molar-refractivity contribution in [3.8, 4) is 23.0 Å².